The van der Waals surface area contributed by atoms with Gasteiger partial charge in [-0.05, 0) is 104 Å². The summed E-state index contributed by atoms with van der Waals surface area (Å²) in [5.74, 6) is 2.27. The van der Waals surface area contributed by atoms with E-state index in [0.29, 0.717) is 5.11 Å². The SMILES string of the molecule is COc1ccc(Oc2ccc(N3C(=S)N[C@H](c4ccccn4)[C@@H]3c3cccn3-c3ccccc3C)cc2)cc1. The lowest BCUT2D eigenvalue weighted by molar-refractivity contribution is 0.413. The van der Waals surface area contributed by atoms with E-state index in [9.17, 15) is 0 Å². The predicted molar refractivity (Wildman–Crippen MR) is 158 cm³/mol. The lowest BCUT2D eigenvalue weighted by Crippen LogP contribution is -2.30. The molecule has 0 spiro atoms. The van der Waals surface area contributed by atoms with Gasteiger partial charge in [0, 0.05) is 29.5 Å². The smallest absolute Gasteiger partial charge is 0.174 e. The van der Waals surface area contributed by atoms with E-state index in [2.05, 4.69) is 69.3 Å². The zero-order valence-corrected chi connectivity index (χ0v) is 22.5. The van der Waals surface area contributed by atoms with E-state index in [1.165, 1.54) is 5.56 Å². The molecule has 0 radical (unpaired) electrons. The normalized spacial score (nSPS) is 16.7. The fourth-order valence-corrected chi connectivity index (χ4v) is 5.42. The molecule has 6 nitrogen and oxygen atoms in total. The number of nitrogens with zero attached hydrogens (tertiary/aromatic N) is 3. The summed E-state index contributed by atoms with van der Waals surface area (Å²) >= 11 is 5.93. The molecule has 7 heteroatoms. The van der Waals surface area contributed by atoms with Crippen LogP contribution in [0.1, 0.15) is 29.0 Å². The minimum Gasteiger partial charge on any atom is -0.497 e. The predicted octanol–water partition coefficient (Wildman–Crippen LogP) is 7.16. The highest BCUT2D eigenvalue weighted by atomic mass is 32.1. The number of benzene rings is 3. The van der Waals surface area contributed by atoms with Gasteiger partial charge < -0.3 is 24.3 Å². The number of aromatic nitrogens is 2. The summed E-state index contributed by atoms with van der Waals surface area (Å²) in [6, 6.07) is 33.9. The van der Waals surface area contributed by atoms with Crippen LogP contribution in [0.3, 0.4) is 0 Å². The van der Waals surface area contributed by atoms with Crippen molar-refractivity contribution in [2.24, 2.45) is 0 Å². The number of methoxy groups -OCH3 is 1. The van der Waals surface area contributed by atoms with Crippen LogP contribution in [0.25, 0.3) is 5.69 Å². The summed E-state index contributed by atoms with van der Waals surface area (Å²) in [6.45, 7) is 2.13. The maximum Gasteiger partial charge on any atom is 0.174 e. The second-order valence-corrected chi connectivity index (χ2v) is 9.74. The Bertz CT molecular complexity index is 1580. The third kappa shape index (κ3) is 4.84. The van der Waals surface area contributed by atoms with Gasteiger partial charge in [0.1, 0.15) is 23.3 Å². The Labute approximate surface area is 233 Å². The topological polar surface area (TPSA) is 51.6 Å². The highest BCUT2D eigenvalue weighted by molar-refractivity contribution is 7.80. The molecule has 1 saturated heterocycles. The third-order valence-corrected chi connectivity index (χ3v) is 7.28. The fraction of sp³-hybridized carbons (Fsp3) is 0.125. The Morgan fingerprint density at radius 3 is 2.18 bits per heavy atom. The molecule has 2 aromatic heterocycles. The monoisotopic (exact) mass is 532 g/mol. The minimum atomic E-state index is -0.133. The number of hydrogen-bond acceptors (Lipinski definition) is 4. The molecular formula is C32H28N4O2S. The van der Waals surface area contributed by atoms with Gasteiger partial charge in [0.2, 0.25) is 0 Å². The fourth-order valence-electron chi connectivity index (χ4n) is 5.08. The number of hydrogen-bond donors (Lipinski definition) is 1. The van der Waals surface area contributed by atoms with Crippen LogP contribution in [0, 0.1) is 6.92 Å². The quantitative estimate of drug-likeness (QED) is 0.225. The first-order chi connectivity index (χ1) is 19.1. The van der Waals surface area contributed by atoms with E-state index in [4.69, 9.17) is 21.7 Å². The first-order valence-corrected chi connectivity index (χ1v) is 13.2. The van der Waals surface area contributed by atoms with E-state index >= 15 is 0 Å². The Hall–Kier alpha value is -4.62. The molecule has 2 atom stereocenters. The van der Waals surface area contributed by atoms with Crippen LogP contribution < -0.4 is 19.7 Å². The molecule has 0 unspecified atom stereocenters. The molecule has 0 bridgehead atoms. The summed E-state index contributed by atoms with van der Waals surface area (Å²) in [5.41, 5.74) is 5.36. The Morgan fingerprint density at radius 2 is 1.49 bits per heavy atom. The maximum absolute atomic E-state index is 6.07. The largest absolute Gasteiger partial charge is 0.497 e. The third-order valence-electron chi connectivity index (χ3n) is 6.97. The van der Waals surface area contributed by atoms with E-state index in [1.807, 2.05) is 72.9 Å². The van der Waals surface area contributed by atoms with Crippen LogP contribution in [0.2, 0.25) is 0 Å². The number of para-hydroxylation sites is 1. The molecular weight excluding hydrogens is 504 g/mol. The summed E-state index contributed by atoms with van der Waals surface area (Å²) in [7, 11) is 1.65. The summed E-state index contributed by atoms with van der Waals surface area (Å²) in [6.07, 6.45) is 3.93. The molecule has 194 valence electrons. The second kappa shape index (κ2) is 10.6. The molecule has 39 heavy (non-hydrogen) atoms. The zero-order valence-electron chi connectivity index (χ0n) is 21.7. The number of nitrogens with one attached hydrogen (secondary N) is 1. The molecule has 3 aromatic carbocycles. The molecule has 0 saturated carbocycles. The number of rotatable bonds is 7. The van der Waals surface area contributed by atoms with E-state index in [0.717, 1.165) is 40.0 Å². The van der Waals surface area contributed by atoms with Crippen molar-refractivity contribution in [1.82, 2.24) is 14.9 Å². The number of pyridine rings is 1. The van der Waals surface area contributed by atoms with Gasteiger partial charge in [0.25, 0.3) is 0 Å². The molecule has 3 heterocycles. The highest BCUT2D eigenvalue weighted by Gasteiger charge is 2.42. The zero-order chi connectivity index (χ0) is 26.8. The van der Waals surface area contributed by atoms with Gasteiger partial charge in [0.15, 0.2) is 5.11 Å². The summed E-state index contributed by atoms with van der Waals surface area (Å²) < 4.78 is 13.6. The van der Waals surface area contributed by atoms with E-state index in [-0.39, 0.29) is 12.1 Å². The average molecular weight is 533 g/mol. The first-order valence-electron chi connectivity index (χ1n) is 12.8. The van der Waals surface area contributed by atoms with Crippen LogP contribution in [0.15, 0.2) is 116 Å². The Morgan fingerprint density at radius 1 is 0.795 bits per heavy atom. The van der Waals surface area contributed by atoms with Crippen molar-refractivity contribution in [1.29, 1.82) is 0 Å². The second-order valence-electron chi connectivity index (χ2n) is 9.36. The van der Waals surface area contributed by atoms with Crippen molar-refractivity contribution in [3.8, 4) is 22.9 Å². The molecule has 5 aromatic rings. The van der Waals surface area contributed by atoms with Crippen LogP contribution in [-0.2, 0) is 0 Å². The molecule has 1 aliphatic rings. The van der Waals surface area contributed by atoms with Crippen molar-refractivity contribution in [2.75, 3.05) is 12.0 Å². The number of ether oxygens (including phenoxy) is 2. The lowest BCUT2D eigenvalue weighted by Gasteiger charge is -2.29. The van der Waals surface area contributed by atoms with Gasteiger partial charge in [-0.25, -0.2) is 0 Å². The molecule has 0 amide bonds. The number of thiocarbonyl (C=S) groups is 1. The van der Waals surface area contributed by atoms with Crippen LogP contribution in [-0.4, -0.2) is 21.8 Å². The molecule has 1 aliphatic heterocycles. The van der Waals surface area contributed by atoms with Crippen LogP contribution >= 0.6 is 12.2 Å². The van der Waals surface area contributed by atoms with Gasteiger partial charge in [0.05, 0.1) is 18.8 Å². The van der Waals surface area contributed by atoms with Gasteiger partial charge in [-0.15, -0.1) is 0 Å². The number of anilines is 1. The van der Waals surface area contributed by atoms with Crippen LogP contribution in [0.4, 0.5) is 5.69 Å². The lowest BCUT2D eigenvalue weighted by atomic mass is 10.0. The van der Waals surface area contributed by atoms with Crippen LogP contribution in [0.5, 0.6) is 17.2 Å². The van der Waals surface area contributed by atoms with Crippen molar-refractivity contribution < 1.29 is 9.47 Å². The average Bonchev–Trinajstić information content (AvgIpc) is 3.59. The summed E-state index contributed by atoms with van der Waals surface area (Å²) in [5, 5.41) is 4.20. The standard InChI is InChI=1S/C32H28N4O2S/c1-22-8-3-4-10-28(22)35-21-7-11-29(35)31-30(27-9-5-6-20-33-27)34-32(39)36(31)23-12-14-25(15-13-23)38-26-18-16-24(37-2)17-19-26/h3-21,30-31H,1-2H3,(H,34,39)/t30-,31+/m1/s1. The molecule has 1 fully saturated rings. The summed E-state index contributed by atoms with van der Waals surface area (Å²) in [4.78, 5) is 6.87. The Kier molecular flexibility index (Phi) is 6.73. The van der Waals surface area contributed by atoms with Crippen molar-refractivity contribution in [2.45, 2.75) is 19.0 Å². The van der Waals surface area contributed by atoms with Gasteiger partial charge in [-0.3, -0.25) is 4.98 Å². The van der Waals surface area contributed by atoms with Gasteiger partial charge in [-0.1, -0.05) is 24.3 Å². The van der Waals surface area contributed by atoms with Crippen molar-refractivity contribution in [3.63, 3.8) is 0 Å². The van der Waals surface area contributed by atoms with Gasteiger partial charge >= 0.3 is 0 Å². The van der Waals surface area contributed by atoms with Crippen molar-refractivity contribution in [3.05, 3.63) is 132 Å². The van der Waals surface area contributed by atoms with E-state index < -0.39 is 0 Å². The number of aryl methyl sites for hydroxylation is 1. The van der Waals surface area contributed by atoms with Crippen molar-refractivity contribution >= 4 is 23.0 Å². The van der Waals surface area contributed by atoms with Gasteiger partial charge in [-0.2, -0.15) is 0 Å². The Balaban J connectivity index is 1.37. The molecule has 0 aliphatic carbocycles. The first kappa shape index (κ1) is 24.7. The minimum absolute atomic E-state index is 0.129. The molecule has 6 rings (SSSR count). The highest BCUT2D eigenvalue weighted by Crippen LogP contribution is 2.43. The maximum atomic E-state index is 6.07. The molecule has 1 N–H and O–H groups in total. The van der Waals surface area contributed by atoms with E-state index in [1.54, 1.807) is 7.11 Å².